The van der Waals surface area contributed by atoms with Crippen LogP contribution in [-0.2, 0) is 4.79 Å². The number of hydrogen-bond donors (Lipinski definition) is 1. The van der Waals surface area contributed by atoms with Gasteiger partial charge in [-0.2, -0.15) is 0 Å². The molecule has 0 unspecified atom stereocenters. The zero-order valence-corrected chi connectivity index (χ0v) is 12.0. The van der Waals surface area contributed by atoms with Gasteiger partial charge in [-0.15, -0.1) is 0 Å². The number of aryl methyl sites for hydroxylation is 1. The van der Waals surface area contributed by atoms with Crippen LogP contribution in [0.5, 0.6) is 0 Å². The minimum absolute atomic E-state index is 0.0229. The molecule has 0 radical (unpaired) electrons. The summed E-state index contributed by atoms with van der Waals surface area (Å²) in [5.74, 6) is -2.50. The van der Waals surface area contributed by atoms with E-state index in [1.165, 1.54) is 6.07 Å². The molecule has 2 aromatic rings. The van der Waals surface area contributed by atoms with Crippen LogP contribution in [-0.4, -0.2) is 11.7 Å². The largest absolute Gasteiger partial charge is 0.321 e. The molecule has 0 saturated heterocycles. The van der Waals surface area contributed by atoms with Crippen LogP contribution in [0, 0.1) is 18.6 Å². The third-order valence-corrected chi connectivity index (χ3v) is 3.18. The summed E-state index contributed by atoms with van der Waals surface area (Å²) in [6, 6.07) is 10.3. The molecule has 0 aliphatic rings. The van der Waals surface area contributed by atoms with Crippen molar-refractivity contribution in [2.45, 2.75) is 19.8 Å². The number of nitrogens with one attached hydrogen (secondary N) is 1. The number of anilines is 1. The molecule has 1 amide bonds. The van der Waals surface area contributed by atoms with Gasteiger partial charge >= 0.3 is 0 Å². The van der Waals surface area contributed by atoms with Crippen molar-refractivity contribution in [3.05, 3.63) is 65.2 Å². The number of amides is 1. The average molecular weight is 303 g/mol. The van der Waals surface area contributed by atoms with Crippen LogP contribution < -0.4 is 5.32 Å². The summed E-state index contributed by atoms with van der Waals surface area (Å²) in [5.41, 5.74) is 1.05. The number of rotatable bonds is 5. The van der Waals surface area contributed by atoms with Crippen molar-refractivity contribution in [2.75, 3.05) is 5.32 Å². The maximum Gasteiger partial charge on any atom is 0.224 e. The molecule has 1 N–H and O–H groups in total. The predicted molar refractivity (Wildman–Crippen MR) is 79.7 cm³/mol. The normalized spacial score (nSPS) is 10.3. The van der Waals surface area contributed by atoms with Crippen LogP contribution in [0.3, 0.4) is 0 Å². The van der Waals surface area contributed by atoms with Gasteiger partial charge in [0.2, 0.25) is 5.91 Å². The summed E-state index contributed by atoms with van der Waals surface area (Å²) in [4.78, 5) is 23.6. The Hall–Kier alpha value is -2.56. The van der Waals surface area contributed by atoms with Crippen LogP contribution in [0.4, 0.5) is 14.5 Å². The van der Waals surface area contributed by atoms with Gasteiger partial charge in [-0.1, -0.05) is 35.9 Å². The molecule has 2 aromatic carbocycles. The van der Waals surface area contributed by atoms with Gasteiger partial charge in [0.25, 0.3) is 0 Å². The molecule has 0 aliphatic heterocycles. The third kappa shape index (κ3) is 3.97. The highest BCUT2D eigenvalue weighted by Crippen LogP contribution is 2.18. The van der Waals surface area contributed by atoms with Gasteiger partial charge in [-0.05, 0) is 19.1 Å². The Morgan fingerprint density at radius 1 is 0.955 bits per heavy atom. The Labute approximate surface area is 127 Å². The van der Waals surface area contributed by atoms with Gasteiger partial charge in [0.05, 0.1) is 0 Å². The van der Waals surface area contributed by atoms with Crippen molar-refractivity contribution < 1.29 is 18.4 Å². The molecule has 5 heteroatoms. The standard InChI is InChI=1S/C17H15F2NO2/c1-11-5-7-12(8-6-11)15(21)9-10-16(22)20-17-13(18)3-2-4-14(17)19/h2-8H,9-10H2,1H3,(H,20,22). The Kier molecular flexibility index (Phi) is 4.99. The van der Waals surface area contributed by atoms with Crippen molar-refractivity contribution in [1.82, 2.24) is 0 Å². The smallest absolute Gasteiger partial charge is 0.224 e. The van der Waals surface area contributed by atoms with Crippen molar-refractivity contribution in [3.63, 3.8) is 0 Å². The number of Topliss-reactive ketones (excluding diaryl/α,β-unsaturated/α-hetero) is 1. The fourth-order valence-corrected chi connectivity index (χ4v) is 1.93. The molecule has 0 aromatic heterocycles. The van der Waals surface area contributed by atoms with E-state index in [1.54, 1.807) is 12.1 Å². The van der Waals surface area contributed by atoms with Crippen LogP contribution in [0.1, 0.15) is 28.8 Å². The summed E-state index contributed by atoms with van der Waals surface area (Å²) < 4.78 is 26.8. The maximum atomic E-state index is 13.4. The SMILES string of the molecule is Cc1ccc(C(=O)CCC(=O)Nc2c(F)cccc2F)cc1. The van der Waals surface area contributed by atoms with E-state index < -0.39 is 23.2 Å². The van der Waals surface area contributed by atoms with E-state index in [2.05, 4.69) is 5.32 Å². The summed E-state index contributed by atoms with van der Waals surface area (Å²) in [5, 5.41) is 2.15. The van der Waals surface area contributed by atoms with E-state index in [9.17, 15) is 18.4 Å². The van der Waals surface area contributed by atoms with Gasteiger partial charge in [0, 0.05) is 18.4 Å². The van der Waals surface area contributed by atoms with Crippen molar-refractivity contribution >= 4 is 17.4 Å². The highest BCUT2D eigenvalue weighted by molar-refractivity contribution is 6.00. The average Bonchev–Trinajstić information content (AvgIpc) is 2.49. The number of halogens is 2. The number of carbonyl (C=O) groups excluding carboxylic acids is 2. The summed E-state index contributed by atoms with van der Waals surface area (Å²) in [7, 11) is 0. The fourth-order valence-electron chi connectivity index (χ4n) is 1.93. The van der Waals surface area contributed by atoms with E-state index in [-0.39, 0.29) is 18.6 Å². The monoisotopic (exact) mass is 303 g/mol. The Balaban J connectivity index is 1.93. The topological polar surface area (TPSA) is 46.2 Å². The van der Waals surface area contributed by atoms with Gasteiger partial charge in [0.15, 0.2) is 5.78 Å². The number of benzene rings is 2. The van der Waals surface area contributed by atoms with Crippen LogP contribution in [0.2, 0.25) is 0 Å². The fraction of sp³-hybridized carbons (Fsp3) is 0.176. The van der Waals surface area contributed by atoms with Gasteiger partial charge in [0.1, 0.15) is 17.3 Å². The molecule has 0 aliphatic carbocycles. The van der Waals surface area contributed by atoms with Crippen molar-refractivity contribution in [1.29, 1.82) is 0 Å². The molecule has 114 valence electrons. The summed E-state index contributed by atoms with van der Waals surface area (Å²) in [6.45, 7) is 1.91. The summed E-state index contributed by atoms with van der Waals surface area (Å²) in [6.07, 6.45) is -0.161. The number of para-hydroxylation sites is 1. The Bertz CT molecular complexity index is 676. The van der Waals surface area contributed by atoms with E-state index in [1.807, 2.05) is 19.1 Å². The first kappa shape index (κ1) is 15.8. The first-order chi connectivity index (χ1) is 10.5. The third-order valence-electron chi connectivity index (χ3n) is 3.18. The molecule has 22 heavy (non-hydrogen) atoms. The molecule has 0 atom stereocenters. The highest BCUT2D eigenvalue weighted by atomic mass is 19.1. The second-order valence-corrected chi connectivity index (χ2v) is 4.93. The Morgan fingerprint density at radius 2 is 1.55 bits per heavy atom. The van der Waals surface area contributed by atoms with Crippen LogP contribution >= 0.6 is 0 Å². The van der Waals surface area contributed by atoms with Gasteiger partial charge < -0.3 is 5.32 Å². The molecule has 2 rings (SSSR count). The number of ketones is 1. The predicted octanol–water partition coefficient (Wildman–Crippen LogP) is 3.87. The second-order valence-electron chi connectivity index (χ2n) is 4.93. The zero-order valence-electron chi connectivity index (χ0n) is 12.0. The van der Waals surface area contributed by atoms with Gasteiger partial charge in [-0.25, -0.2) is 8.78 Å². The van der Waals surface area contributed by atoms with E-state index in [4.69, 9.17) is 0 Å². The first-order valence-electron chi connectivity index (χ1n) is 6.81. The molecule has 0 saturated carbocycles. The first-order valence-corrected chi connectivity index (χ1v) is 6.81. The minimum Gasteiger partial charge on any atom is -0.321 e. The van der Waals surface area contributed by atoms with Crippen molar-refractivity contribution in [3.8, 4) is 0 Å². The number of hydrogen-bond acceptors (Lipinski definition) is 2. The van der Waals surface area contributed by atoms with Gasteiger partial charge in [-0.3, -0.25) is 9.59 Å². The molecule has 0 fully saturated rings. The quantitative estimate of drug-likeness (QED) is 0.852. The minimum atomic E-state index is -0.849. The molecule has 0 bridgehead atoms. The lowest BCUT2D eigenvalue weighted by atomic mass is 10.0. The molecular weight excluding hydrogens is 288 g/mol. The van der Waals surface area contributed by atoms with Crippen molar-refractivity contribution in [2.24, 2.45) is 0 Å². The lowest BCUT2D eigenvalue weighted by Crippen LogP contribution is -2.15. The lowest BCUT2D eigenvalue weighted by molar-refractivity contribution is -0.116. The van der Waals surface area contributed by atoms with E-state index >= 15 is 0 Å². The molecule has 0 spiro atoms. The van der Waals surface area contributed by atoms with E-state index in [0.717, 1.165) is 17.7 Å². The maximum absolute atomic E-state index is 13.4. The van der Waals surface area contributed by atoms with Crippen LogP contribution in [0.15, 0.2) is 42.5 Å². The lowest BCUT2D eigenvalue weighted by Gasteiger charge is -2.07. The van der Waals surface area contributed by atoms with E-state index in [0.29, 0.717) is 5.56 Å². The second kappa shape index (κ2) is 6.93. The summed E-state index contributed by atoms with van der Waals surface area (Å²) >= 11 is 0. The highest BCUT2D eigenvalue weighted by Gasteiger charge is 2.13. The zero-order chi connectivity index (χ0) is 16.1. The Morgan fingerprint density at radius 3 is 2.14 bits per heavy atom. The molecular formula is C17H15F2NO2. The van der Waals surface area contributed by atoms with Crippen LogP contribution in [0.25, 0.3) is 0 Å². The molecule has 3 nitrogen and oxygen atoms in total. The number of carbonyl (C=O) groups is 2. The molecule has 0 heterocycles.